The number of hydrogen-bond donors (Lipinski definition) is 1. The lowest BCUT2D eigenvalue weighted by Crippen LogP contribution is -2.28. The Morgan fingerprint density at radius 1 is 1.26 bits per heavy atom. The number of carbonyl (C=O) groups excluding carboxylic acids is 1. The Morgan fingerprint density at radius 2 is 2.07 bits per heavy atom. The van der Waals surface area contributed by atoms with Crippen molar-refractivity contribution in [2.75, 3.05) is 13.1 Å². The third-order valence-electron chi connectivity index (χ3n) is 4.95. The lowest BCUT2D eigenvalue weighted by atomic mass is 10.0. The zero-order valence-corrected chi connectivity index (χ0v) is 15.9. The van der Waals surface area contributed by atoms with Gasteiger partial charge >= 0.3 is 0 Å². The molecule has 5 nitrogen and oxygen atoms in total. The second-order valence-corrected chi connectivity index (χ2v) is 7.98. The Hall–Kier alpha value is -2.57. The zero-order valence-electron chi connectivity index (χ0n) is 15.1. The van der Waals surface area contributed by atoms with Crippen LogP contribution in [0.5, 0.6) is 0 Å². The van der Waals surface area contributed by atoms with Crippen LogP contribution in [-0.4, -0.2) is 45.1 Å². The van der Waals surface area contributed by atoms with E-state index in [1.165, 1.54) is 11.3 Å². The molecule has 2 atom stereocenters. The summed E-state index contributed by atoms with van der Waals surface area (Å²) in [6.07, 6.45) is 5.09. The topological polar surface area (TPSA) is 66.3 Å². The van der Waals surface area contributed by atoms with Gasteiger partial charge in [0.1, 0.15) is 0 Å². The summed E-state index contributed by atoms with van der Waals surface area (Å²) in [7, 11) is 0. The van der Waals surface area contributed by atoms with Gasteiger partial charge in [-0.15, -0.1) is 11.3 Å². The van der Waals surface area contributed by atoms with Crippen LogP contribution >= 0.6 is 11.3 Å². The van der Waals surface area contributed by atoms with Crippen LogP contribution in [-0.2, 0) is 6.42 Å². The third-order valence-corrected chi connectivity index (χ3v) is 6.22. The summed E-state index contributed by atoms with van der Waals surface area (Å²) >= 11 is 1.52. The molecule has 0 radical (unpaired) electrons. The van der Waals surface area contributed by atoms with Crippen molar-refractivity contribution in [3.8, 4) is 10.4 Å². The number of thiophene rings is 1. The predicted octanol–water partition coefficient (Wildman–Crippen LogP) is 3.19. The highest BCUT2D eigenvalue weighted by Gasteiger charge is 2.35. The van der Waals surface area contributed by atoms with Crippen molar-refractivity contribution < 1.29 is 9.90 Å². The molecule has 1 N–H and O–H groups in total. The molecule has 1 aromatic carbocycles. The Bertz CT molecular complexity index is 927. The number of β-amino-alcohol motifs (C(OH)–C–C–N with tert-alkyl or cyclic N) is 1. The van der Waals surface area contributed by atoms with Gasteiger partial charge in [0.15, 0.2) is 0 Å². The van der Waals surface area contributed by atoms with E-state index in [0.717, 1.165) is 26.6 Å². The average Bonchev–Trinajstić information content (AvgIpc) is 3.26. The van der Waals surface area contributed by atoms with Crippen LogP contribution in [0.2, 0.25) is 0 Å². The minimum atomic E-state index is -0.536. The summed E-state index contributed by atoms with van der Waals surface area (Å²) in [6.45, 7) is 2.93. The van der Waals surface area contributed by atoms with Crippen LogP contribution in [0.25, 0.3) is 10.4 Å². The number of likely N-dealkylation sites (tertiary alicyclic amines) is 1. The quantitative estimate of drug-likeness (QED) is 0.756. The van der Waals surface area contributed by atoms with Gasteiger partial charge in [0.2, 0.25) is 0 Å². The van der Waals surface area contributed by atoms with Gasteiger partial charge in [0, 0.05) is 42.5 Å². The first-order chi connectivity index (χ1) is 13.1. The molecule has 3 heterocycles. The Morgan fingerprint density at radius 3 is 2.81 bits per heavy atom. The standard InChI is InChI=1S/C21H21N3O2S/c1-14-9-19(27-20(14)15-5-3-2-4-6-15)21(26)24-12-16(18(25)13-24)10-17-11-22-7-8-23-17/h2-9,11,16,18,25H,10,12-13H2,1H3/t16-,18-/m1/s1. The van der Waals surface area contributed by atoms with Crippen molar-refractivity contribution in [3.05, 3.63) is 71.1 Å². The summed E-state index contributed by atoms with van der Waals surface area (Å²) in [5.41, 5.74) is 3.07. The molecule has 2 aromatic heterocycles. The van der Waals surface area contributed by atoms with Crippen molar-refractivity contribution in [2.24, 2.45) is 5.92 Å². The molecule has 1 aliphatic rings. The minimum Gasteiger partial charge on any atom is -0.391 e. The van der Waals surface area contributed by atoms with E-state index in [0.29, 0.717) is 19.5 Å². The molecule has 4 rings (SSSR count). The number of hydrogen-bond acceptors (Lipinski definition) is 5. The summed E-state index contributed by atoms with van der Waals surface area (Å²) in [6, 6.07) is 12.1. The predicted molar refractivity (Wildman–Crippen MR) is 106 cm³/mol. The molecule has 3 aromatic rings. The summed E-state index contributed by atoms with van der Waals surface area (Å²) in [4.78, 5) is 24.9. The van der Waals surface area contributed by atoms with Crippen molar-refractivity contribution in [3.63, 3.8) is 0 Å². The molecule has 138 valence electrons. The minimum absolute atomic E-state index is 0.00835. The number of amides is 1. The van der Waals surface area contributed by atoms with Crippen molar-refractivity contribution in [1.82, 2.24) is 14.9 Å². The number of aliphatic hydroxyl groups is 1. The smallest absolute Gasteiger partial charge is 0.264 e. The second-order valence-electron chi connectivity index (χ2n) is 6.93. The Kier molecular flexibility index (Phi) is 5.01. The van der Waals surface area contributed by atoms with Gasteiger partial charge in [-0.25, -0.2) is 0 Å². The van der Waals surface area contributed by atoms with E-state index in [1.54, 1.807) is 23.5 Å². The van der Waals surface area contributed by atoms with Gasteiger partial charge < -0.3 is 10.0 Å². The highest BCUT2D eigenvalue weighted by atomic mass is 32.1. The molecule has 0 spiro atoms. The fourth-order valence-electron chi connectivity index (χ4n) is 3.54. The second kappa shape index (κ2) is 7.58. The maximum atomic E-state index is 13.0. The summed E-state index contributed by atoms with van der Waals surface area (Å²) in [5, 5.41) is 10.4. The largest absolute Gasteiger partial charge is 0.391 e. The highest BCUT2D eigenvalue weighted by molar-refractivity contribution is 7.17. The van der Waals surface area contributed by atoms with Crippen LogP contribution in [0, 0.1) is 12.8 Å². The lowest BCUT2D eigenvalue weighted by molar-refractivity contribution is 0.0769. The van der Waals surface area contributed by atoms with Crippen molar-refractivity contribution in [1.29, 1.82) is 0 Å². The number of carbonyl (C=O) groups is 1. The van der Waals surface area contributed by atoms with Crippen LogP contribution in [0.3, 0.4) is 0 Å². The first-order valence-electron chi connectivity index (χ1n) is 9.00. The van der Waals surface area contributed by atoms with Crippen molar-refractivity contribution in [2.45, 2.75) is 19.4 Å². The van der Waals surface area contributed by atoms with Crippen LogP contribution in [0.15, 0.2) is 55.0 Å². The SMILES string of the molecule is Cc1cc(C(=O)N2C[C@@H](Cc3cnccn3)[C@H](O)C2)sc1-c1ccccc1. The zero-order chi connectivity index (χ0) is 18.8. The average molecular weight is 379 g/mol. The van der Waals surface area contributed by atoms with E-state index in [2.05, 4.69) is 22.1 Å². The van der Waals surface area contributed by atoms with E-state index < -0.39 is 6.10 Å². The van der Waals surface area contributed by atoms with E-state index in [1.807, 2.05) is 31.2 Å². The molecule has 0 aliphatic carbocycles. The van der Waals surface area contributed by atoms with Gasteiger partial charge in [0.05, 0.1) is 16.7 Å². The molecule has 0 bridgehead atoms. The molecule has 0 saturated carbocycles. The third kappa shape index (κ3) is 3.77. The number of aromatic nitrogens is 2. The van der Waals surface area contributed by atoms with Crippen LogP contribution in [0.4, 0.5) is 0 Å². The van der Waals surface area contributed by atoms with E-state index in [4.69, 9.17) is 0 Å². The molecule has 1 amide bonds. The molecule has 0 unspecified atom stereocenters. The monoisotopic (exact) mass is 379 g/mol. The van der Waals surface area contributed by atoms with E-state index >= 15 is 0 Å². The number of aliphatic hydroxyl groups excluding tert-OH is 1. The molecule has 27 heavy (non-hydrogen) atoms. The molecular formula is C21H21N3O2S. The summed E-state index contributed by atoms with van der Waals surface area (Å²) in [5.74, 6) is -0.0220. The van der Waals surface area contributed by atoms with E-state index in [-0.39, 0.29) is 11.8 Å². The van der Waals surface area contributed by atoms with Gasteiger partial charge in [0.25, 0.3) is 5.91 Å². The van der Waals surface area contributed by atoms with Gasteiger partial charge in [-0.2, -0.15) is 0 Å². The maximum Gasteiger partial charge on any atom is 0.264 e. The number of rotatable bonds is 4. The fourth-order valence-corrected chi connectivity index (χ4v) is 4.69. The number of nitrogens with zero attached hydrogens (tertiary/aromatic N) is 3. The maximum absolute atomic E-state index is 13.0. The van der Waals surface area contributed by atoms with Gasteiger partial charge in [-0.05, 0) is 30.5 Å². The van der Waals surface area contributed by atoms with Gasteiger partial charge in [-0.3, -0.25) is 14.8 Å². The van der Waals surface area contributed by atoms with Crippen LogP contribution < -0.4 is 0 Å². The molecule has 6 heteroatoms. The number of benzene rings is 1. The van der Waals surface area contributed by atoms with Crippen molar-refractivity contribution >= 4 is 17.2 Å². The lowest BCUT2D eigenvalue weighted by Gasteiger charge is -2.15. The molecular weight excluding hydrogens is 358 g/mol. The Balaban J connectivity index is 1.49. The highest BCUT2D eigenvalue weighted by Crippen LogP contribution is 2.33. The number of aryl methyl sites for hydroxylation is 1. The molecule has 1 aliphatic heterocycles. The summed E-state index contributed by atoms with van der Waals surface area (Å²) < 4.78 is 0. The fraction of sp³-hybridized carbons (Fsp3) is 0.286. The first kappa shape index (κ1) is 17.8. The normalized spacial score (nSPS) is 19.4. The van der Waals surface area contributed by atoms with E-state index in [9.17, 15) is 9.90 Å². The molecule has 1 saturated heterocycles. The molecule has 1 fully saturated rings. The van der Waals surface area contributed by atoms with Gasteiger partial charge in [-0.1, -0.05) is 30.3 Å². The van der Waals surface area contributed by atoms with Crippen LogP contribution in [0.1, 0.15) is 20.9 Å². The Labute approximate surface area is 162 Å². The first-order valence-corrected chi connectivity index (χ1v) is 9.81.